The molecule has 0 aromatic rings. The van der Waals surface area contributed by atoms with Gasteiger partial charge in [0.1, 0.15) is 0 Å². The highest BCUT2D eigenvalue weighted by atomic mass is 16.3. The molecule has 0 radical (unpaired) electrons. The molecule has 0 spiro atoms. The molecule has 124 valence electrons. The number of likely N-dealkylation sites (tertiary alicyclic amines) is 1. The Bertz CT molecular complexity index is 303. The predicted octanol–water partition coefficient (Wildman–Crippen LogP) is 3.17. The van der Waals surface area contributed by atoms with Gasteiger partial charge in [0, 0.05) is 24.7 Å². The Labute approximate surface area is 131 Å². The van der Waals surface area contributed by atoms with E-state index in [1.807, 2.05) is 0 Å². The Morgan fingerprint density at radius 3 is 2.33 bits per heavy atom. The van der Waals surface area contributed by atoms with Gasteiger partial charge in [-0.15, -0.1) is 0 Å². The molecule has 1 aliphatic carbocycles. The summed E-state index contributed by atoms with van der Waals surface area (Å²) in [7, 11) is 0. The number of hydrogen-bond acceptors (Lipinski definition) is 3. The van der Waals surface area contributed by atoms with E-state index in [2.05, 4.69) is 31.0 Å². The molecule has 1 unspecified atom stereocenters. The molecule has 0 aromatic heterocycles. The average Bonchev–Trinajstić information content (AvgIpc) is 2.73. The summed E-state index contributed by atoms with van der Waals surface area (Å²) in [5.74, 6) is 0. The van der Waals surface area contributed by atoms with Crippen molar-refractivity contribution in [3.8, 4) is 0 Å². The number of rotatable bonds is 5. The fourth-order valence-electron chi connectivity index (χ4n) is 4.06. The van der Waals surface area contributed by atoms with Crippen LogP contribution in [0.2, 0.25) is 0 Å². The molecule has 3 heteroatoms. The van der Waals surface area contributed by atoms with Crippen molar-refractivity contribution in [3.05, 3.63) is 0 Å². The van der Waals surface area contributed by atoms with Crippen LogP contribution in [-0.4, -0.2) is 47.8 Å². The first-order valence-electron chi connectivity index (χ1n) is 9.04. The lowest BCUT2D eigenvalue weighted by Crippen LogP contribution is -2.50. The minimum atomic E-state index is 0.195. The number of nitrogens with zero attached hydrogens (tertiary/aromatic N) is 1. The Morgan fingerprint density at radius 2 is 1.76 bits per heavy atom. The molecule has 1 heterocycles. The van der Waals surface area contributed by atoms with E-state index in [-0.39, 0.29) is 5.54 Å². The highest BCUT2D eigenvalue weighted by Crippen LogP contribution is 2.37. The Kier molecular flexibility index (Phi) is 6.10. The largest absolute Gasteiger partial charge is 0.395 e. The molecule has 1 atom stereocenters. The zero-order valence-electron chi connectivity index (χ0n) is 14.5. The van der Waals surface area contributed by atoms with Crippen LogP contribution >= 0.6 is 0 Å². The van der Waals surface area contributed by atoms with Gasteiger partial charge in [-0.2, -0.15) is 0 Å². The van der Waals surface area contributed by atoms with Crippen LogP contribution < -0.4 is 5.32 Å². The maximum absolute atomic E-state index is 9.61. The van der Waals surface area contributed by atoms with E-state index >= 15 is 0 Å². The molecule has 1 aliphatic heterocycles. The van der Waals surface area contributed by atoms with Crippen molar-refractivity contribution in [1.82, 2.24) is 10.2 Å². The smallest absolute Gasteiger partial charge is 0.0586 e. The molecule has 1 saturated carbocycles. The summed E-state index contributed by atoms with van der Waals surface area (Å²) >= 11 is 0. The van der Waals surface area contributed by atoms with E-state index in [0.717, 1.165) is 6.54 Å². The zero-order valence-corrected chi connectivity index (χ0v) is 14.5. The maximum Gasteiger partial charge on any atom is 0.0586 e. The third-order valence-electron chi connectivity index (χ3n) is 5.41. The van der Waals surface area contributed by atoms with Crippen molar-refractivity contribution >= 4 is 0 Å². The molecule has 21 heavy (non-hydrogen) atoms. The SMILES string of the molecule is CC(C)(C)NCC1(CN2CCCC2CO)CCCCCC1. The maximum atomic E-state index is 9.61. The van der Waals surface area contributed by atoms with E-state index < -0.39 is 0 Å². The zero-order chi connectivity index (χ0) is 15.3. The normalized spacial score (nSPS) is 27.7. The van der Waals surface area contributed by atoms with Gasteiger partial charge >= 0.3 is 0 Å². The highest BCUT2D eigenvalue weighted by Gasteiger charge is 2.36. The molecule has 2 aliphatic rings. The van der Waals surface area contributed by atoms with Crippen LogP contribution in [-0.2, 0) is 0 Å². The summed E-state index contributed by atoms with van der Waals surface area (Å²) in [6.45, 7) is 10.6. The van der Waals surface area contributed by atoms with Crippen molar-refractivity contribution < 1.29 is 5.11 Å². The molecular formula is C18H36N2O. The number of nitrogens with one attached hydrogen (secondary N) is 1. The Morgan fingerprint density at radius 1 is 1.10 bits per heavy atom. The fraction of sp³-hybridized carbons (Fsp3) is 1.00. The van der Waals surface area contributed by atoms with Crippen LogP contribution in [0, 0.1) is 5.41 Å². The molecule has 0 aromatic carbocycles. The van der Waals surface area contributed by atoms with Crippen molar-refractivity contribution in [2.24, 2.45) is 5.41 Å². The second-order valence-corrected chi connectivity index (χ2v) is 8.47. The minimum Gasteiger partial charge on any atom is -0.395 e. The first kappa shape index (κ1) is 17.2. The molecule has 2 fully saturated rings. The molecular weight excluding hydrogens is 260 g/mol. The lowest BCUT2D eigenvalue weighted by atomic mass is 9.79. The molecule has 0 amide bonds. The third-order valence-corrected chi connectivity index (χ3v) is 5.41. The van der Waals surface area contributed by atoms with Crippen LogP contribution in [0.25, 0.3) is 0 Å². The predicted molar refractivity (Wildman–Crippen MR) is 89.6 cm³/mol. The monoisotopic (exact) mass is 296 g/mol. The van der Waals surface area contributed by atoms with Gasteiger partial charge in [0.05, 0.1) is 6.61 Å². The number of aliphatic hydroxyl groups excluding tert-OH is 1. The Hall–Kier alpha value is -0.120. The van der Waals surface area contributed by atoms with E-state index in [1.165, 1.54) is 64.5 Å². The second kappa shape index (κ2) is 7.43. The summed E-state index contributed by atoms with van der Waals surface area (Å²) in [6, 6.07) is 0.416. The van der Waals surface area contributed by atoms with Gasteiger partial charge in [-0.1, -0.05) is 25.7 Å². The van der Waals surface area contributed by atoms with E-state index in [1.54, 1.807) is 0 Å². The Balaban J connectivity index is 2.03. The van der Waals surface area contributed by atoms with Crippen LogP contribution in [0.5, 0.6) is 0 Å². The molecule has 1 saturated heterocycles. The summed E-state index contributed by atoms with van der Waals surface area (Å²) < 4.78 is 0. The molecule has 0 bridgehead atoms. The quantitative estimate of drug-likeness (QED) is 0.765. The standard InChI is InChI=1S/C18H36N2O/c1-17(2,3)19-14-18(10-6-4-5-7-11-18)15-20-12-8-9-16(20)13-21/h16,19,21H,4-15H2,1-3H3. The van der Waals surface area contributed by atoms with Crippen LogP contribution in [0.4, 0.5) is 0 Å². The first-order chi connectivity index (χ1) is 9.94. The molecule has 2 rings (SSSR count). The van der Waals surface area contributed by atoms with Gasteiger partial charge in [0.2, 0.25) is 0 Å². The van der Waals surface area contributed by atoms with Crippen molar-refractivity contribution in [2.45, 2.75) is 83.7 Å². The highest BCUT2D eigenvalue weighted by molar-refractivity contribution is 4.92. The van der Waals surface area contributed by atoms with Crippen molar-refractivity contribution in [3.63, 3.8) is 0 Å². The van der Waals surface area contributed by atoms with Gasteiger partial charge in [-0.3, -0.25) is 4.90 Å². The van der Waals surface area contributed by atoms with Gasteiger partial charge in [0.25, 0.3) is 0 Å². The third kappa shape index (κ3) is 5.22. The van der Waals surface area contributed by atoms with Gasteiger partial charge in [-0.25, -0.2) is 0 Å². The molecule has 2 N–H and O–H groups in total. The van der Waals surface area contributed by atoms with Gasteiger partial charge < -0.3 is 10.4 Å². The second-order valence-electron chi connectivity index (χ2n) is 8.47. The lowest BCUT2D eigenvalue weighted by Gasteiger charge is -2.40. The summed E-state index contributed by atoms with van der Waals surface area (Å²) in [4.78, 5) is 2.58. The van der Waals surface area contributed by atoms with Crippen molar-refractivity contribution in [2.75, 3.05) is 26.2 Å². The van der Waals surface area contributed by atoms with Crippen LogP contribution in [0.15, 0.2) is 0 Å². The van der Waals surface area contributed by atoms with Crippen LogP contribution in [0.1, 0.15) is 72.1 Å². The average molecular weight is 296 g/mol. The van der Waals surface area contributed by atoms with E-state index in [0.29, 0.717) is 18.1 Å². The summed E-state index contributed by atoms with van der Waals surface area (Å²) in [6.07, 6.45) is 10.7. The van der Waals surface area contributed by atoms with Crippen molar-refractivity contribution in [1.29, 1.82) is 0 Å². The molecule has 3 nitrogen and oxygen atoms in total. The fourth-order valence-corrected chi connectivity index (χ4v) is 4.06. The number of hydrogen-bond donors (Lipinski definition) is 2. The minimum absolute atomic E-state index is 0.195. The van der Waals surface area contributed by atoms with Crippen LogP contribution in [0.3, 0.4) is 0 Å². The first-order valence-corrected chi connectivity index (χ1v) is 9.04. The van der Waals surface area contributed by atoms with E-state index in [4.69, 9.17) is 0 Å². The van der Waals surface area contributed by atoms with Gasteiger partial charge in [0.15, 0.2) is 0 Å². The lowest BCUT2D eigenvalue weighted by molar-refractivity contribution is 0.0847. The summed E-state index contributed by atoms with van der Waals surface area (Å²) in [5.41, 5.74) is 0.613. The number of aliphatic hydroxyl groups is 1. The van der Waals surface area contributed by atoms with Gasteiger partial charge in [-0.05, 0) is 58.4 Å². The summed E-state index contributed by atoms with van der Waals surface area (Å²) in [5, 5.41) is 13.4. The van der Waals surface area contributed by atoms with E-state index in [9.17, 15) is 5.11 Å². The topological polar surface area (TPSA) is 35.5 Å².